The summed E-state index contributed by atoms with van der Waals surface area (Å²) in [4.78, 5) is 24.9. The van der Waals surface area contributed by atoms with Crippen LogP contribution < -0.4 is 21.3 Å². The molecular formula is C28H31FN8O2. The first-order valence-corrected chi connectivity index (χ1v) is 13.0. The number of carbonyl (C=O) groups excluding carboxylic acids is 1. The van der Waals surface area contributed by atoms with Crippen molar-refractivity contribution in [3.63, 3.8) is 0 Å². The van der Waals surface area contributed by atoms with E-state index in [0.717, 1.165) is 38.5 Å². The van der Waals surface area contributed by atoms with Crippen molar-refractivity contribution in [3.05, 3.63) is 71.5 Å². The van der Waals surface area contributed by atoms with Gasteiger partial charge in [-0.3, -0.25) is 9.69 Å². The fraction of sp³-hybridized carbons (Fsp3) is 0.357. The van der Waals surface area contributed by atoms with Crippen molar-refractivity contribution < 1.29 is 13.9 Å². The molecule has 10 nitrogen and oxygen atoms in total. The topological polar surface area (TPSA) is 132 Å². The van der Waals surface area contributed by atoms with Crippen molar-refractivity contribution in [1.82, 2.24) is 14.9 Å². The van der Waals surface area contributed by atoms with Gasteiger partial charge in [-0.15, -0.1) is 0 Å². The number of carbonyl (C=O) groups is 1. The van der Waals surface area contributed by atoms with E-state index in [-0.39, 0.29) is 12.1 Å². The van der Waals surface area contributed by atoms with Crippen LogP contribution in [-0.4, -0.2) is 72.4 Å². The minimum absolute atomic E-state index is 0.134. The third-order valence-corrected chi connectivity index (χ3v) is 6.99. The van der Waals surface area contributed by atoms with E-state index in [0.29, 0.717) is 35.9 Å². The molecule has 0 saturated carbocycles. The van der Waals surface area contributed by atoms with Crippen molar-refractivity contribution in [2.45, 2.75) is 25.2 Å². The predicted octanol–water partition coefficient (Wildman–Crippen LogP) is 3.05. The lowest BCUT2D eigenvalue weighted by Gasteiger charge is -2.36. The Morgan fingerprint density at radius 3 is 2.59 bits per heavy atom. The number of anilines is 4. The van der Waals surface area contributed by atoms with Crippen molar-refractivity contribution in [1.29, 1.82) is 5.26 Å². The zero-order valence-electron chi connectivity index (χ0n) is 21.5. The molecule has 4 heterocycles. The lowest BCUT2D eigenvalue weighted by atomic mass is 10.0. The zero-order chi connectivity index (χ0) is 27.2. The molecule has 2 saturated heterocycles. The number of nitriles is 1. The molecule has 0 aliphatic carbocycles. The molecule has 5 rings (SSSR count). The third kappa shape index (κ3) is 6.60. The number of pyridine rings is 2. The maximum Gasteiger partial charge on any atom is 0.252 e. The van der Waals surface area contributed by atoms with Gasteiger partial charge < -0.3 is 26.0 Å². The number of amides is 1. The first-order valence-electron chi connectivity index (χ1n) is 13.0. The maximum absolute atomic E-state index is 15.3. The van der Waals surface area contributed by atoms with Gasteiger partial charge >= 0.3 is 0 Å². The van der Waals surface area contributed by atoms with Crippen LogP contribution in [0.3, 0.4) is 0 Å². The molecule has 2 fully saturated rings. The van der Waals surface area contributed by atoms with E-state index in [9.17, 15) is 4.79 Å². The summed E-state index contributed by atoms with van der Waals surface area (Å²) in [5.41, 5.74) is 8.73. The highest BCUT2D eigenvalue weighted by molar-refractivity contribution is 5.98. The summed E-state index contributed by atoms with van der Waals surface area (Å²) in [5.74, 6) is 0.496. The second-order valence-electron chi connectivity index (χ2n) is 9.71. The van der Waals surface area contributed by atoms with Gasteiger partial charge in [-0.2, -0.15) is 5.26 Å². The number of aromatic nitrogens is 2. The van der Waals surface area contributed by atoms with E-state index in [1.807, 2.05) is 23.1 Å². The largest absolute Gasteiger partial charge is 0.379 e. The molecule has 1 aromatic carbocycles. The lowest BCUT2D eigenvalue weighted by molar-refractivity contribution is 0.0342. The highest BCUT2D eigenvalue weighted by Gasteiger charge is 2.30. The SMILES string of the molecule is N#Cc1ccc(N2CC[C@@H](Nc3cc(Nc4ccc(CN5CCOCC5)cc4)ncc3C(N)=O)[C@@H](F)C2)nc1. The number of nitrogens with zero attached hydrogens (tertiary/aromatic N) is 5. The van der Waals surface area contributed by atoms with Crippen LogP contribution in [-0.2, 0) is 11.3 Å². The highest BCUT2D eigenvalue weighted by atomic mass is 19.1. The molecule has 2 aliphatic rings. The number of morpholine rings is 1. The molecular weight excluding hydrogens is 499 g/mol. The smallest absolute Gasteiger partial charge is 0.252 e. The van der Waals surface area contributed by atoms with Crippen LogP contribution in [0.4, 0.5) is 27.4 Å². The van der Waals surface area contributed by atoms with Gasteiger partial charge in [0.1, 0.15) is 23.9 Å². The van der Waals surface area contributed by atoms with Gasteiger partial charge in [0.2, 0.25) is 0 Å². The van der Waals surface area contributed by atoms with E-state index >= 15 is 4.39 Å². The first-order chi connectivity index (χ1) is 19.0. The Bertz CT molecular complexity index is 1320. The van der Waals surface area contributed by atoms with Gasteiger partial charge in [0.25, 0.3) is 5.91 Å². The number of nitrogens with one attached hydrogen (secondary N) is 2. The van der Waals surface area contributed by atoms with Gasteiger partial charge in [0, 0.05) is 50.3 Å². The third-order valence-electron chi connectivity index (χ3n) is 6.99. The number of benzene rings is 1. The summed E-state index contributed by atoms with van der Waals surface area (Å²) < 4.78 is 20.7. The van der Waals surface area contributed by atoms with E-state index < -0.39 is 18.1 Å². The summed E-state index contributed by atoms with van der Waals surface area (Å²) in [6.45, 7) is 4.95. The second kappa shape index (κ2) is 12.1. The number of primary amides is 1. The molecule has 3 aromatic rings. The number of rotatable bonds is 8. The van der Waals surface area contributed by atoms with E-state index in [1.54, 1.807) is 18.2 Å². The normalized spacial score (nSPS) is 19.7. The Morgan fingerprint density at radius 1 is 1.13 bits per heavy atom. The van der Waals surface area contributed by atoms with Crippen LogP contribution in [0.5, 0.6) is 0 Å². The maximum atomic E-state index is 15.3. The zero-order valence-corrected chi connectivity index (χ0v) is 21.5. The highest BCUT2D eigenvalue weighted by Crippen LogP contribution is 2.27. The lowest BCUT2D eigenvalue weighted by Crippen LogP contribution is -2.48. The molecule has 202 valence electrons. The average molecular weight is 531 g/mol. The second-order valence-corrected chi connectivity index (χ2v) is 9.71. The molecule has 0 spiro atoms. The van der Waals surface area contributed by atoms with E-state index in [4.69, 9.17) is 15.7 Å². The Kier molecular flexibility index (Phi) is 8.15. The van der Waals surface area contributed by atoms with Crippen LogP contribution >= 0.6 is 0 Å². The number of alkyl halides is 1. The molecule has 2 aromatic heterocycles. The summed E-state index contributed by atoms with van der Waals surface area (Å²) in [6.07, 6.45) is 2.15. The monoisotopic (exact) mass is 530 g/mol. The van der Waals surface area contributed by atoms with Crippen LogP contribution in [0.25, 0.3) is 0 Å². The molecule has 0 unspecified atom stereocenters. The fourth-order valence-electron chi connectivity index (χ4n) is 4.81. The summed E-state index contributed by atoms with van der Waals surface area (Å²) in [7, 11) is 0. The van der Waals surface area contributed by atoms with Gasteiger partial charge in [-0.05, 0) is 36.2 Å². The van der Waals surface area contributed by atoms with Crippen molar-refractivity contribution >= 4 is 28.9 Å². The Balaban J connectivity index is 1.24. The Hall–Kier alpha value is -4.27. The number of ether oxygens (including phenoxy) is 1. The van der Waals surface area contributed by atoms with Crippen LogP contribution in [0.2, 0.25) is 0 Å². The standard InChI is InChI=1S/C28H31FN8O2/c29-23-18-37(27-6-3-20(14-30)15-33-27)8-7-24(23)35-25-13-26(32-16-22(25)28(31)38)34-21-4-1-19(2-5-21)17-36-9-11-39-12-10-36/h1-6,13,15-16,23-24H,7-12,17-18H2,(H2,31,38)(H2,32,34,35)/t23-,24+/m0/s1. The molecule has 1 amide bonds. The Labute approximate surface area is 226 Å². The number of piperidine rings is 1. The molecule has 0 bridgehead atoms. The molecule has 11 heteroatoms. The van der Waals surface area contributed by atoms with Gasteiger partial charge in [0.15, 0.2) is 0 Å². The number of halogens is 1. The summed E-state index contributed by atoms with van der Waals surface area (Å²) >= 11 is 0. The number of hydrogen-bond acceptors (Lipinski definition) is 9. The quantitative estimate of drug-likeness (QED) is 0.402. The summed E-state index contributed by atoms with van der Waals surface area (Å²) in [6, 6.07) is 14.7. The molecule has 39 heavy (non-hydrogen) atoms. The summed E-state index contributed by atoms with van der Waals surface area (Å²) in [5, 5.41) is 15.4. The van der Waals surface area contributed by atoms with E-state index in [2.05, 4.69) is 37.6 Å². The molecule has 2 aliphatic heterocycles. The van der Waals surface area contributed by atoms with Gasteiger partial charge in [0.05, 0.1) is 42.6 Å². The molecule has 4 N–H and O–H groups in total. The molecule has 0 radical (unpaired) electrons. The van der Waals surface area contributed by atoms with Gasteiger partial charge in [-0.1, -0.05) is 12.1 Å². The Morgan fingerprint density at radius 2 is 1.92 bits per heavy atom. The van der Waals surface area contributed by atoms with Crippen LogP contribution in [0.15, 0.2) is 54.9 Å². The van der Waals surface area contributed by atoms with E-state index in [1.165, 1.54) is 18.0 Å². The van der Waals surface area contributed by atoms with Gasteiger partial charge in [-0.25, -0.2) is 14.4 Å². The van der Waals surface area contributed by atoms with Crippen LogP contribution in [0, 0.1) is 11.3 Å². The van der Waals surface area contributed by atoms with Crippen molar-refractivity contribution in [2.24, 2.45) is 5.73 Å². The minimum atomic E-state index is -1.22. The average Bonchev–Trinajstić information content (AvgIpc) is 2.96. The van der Waals surface area contributed by atoms with Crippen molar-refractivity contribution in [3.8, 4) is 6.07 Å². The predicted molar refractivity (Wildman–Crippen MR) is 147 cm³/mol. The van der Waals surface area contributed by atoms with Crippen molar-refractivity contribution in [2.75, 3.05) is 54.9 Å². The number of nitrogens with two attached hydrogens (primary N) is 1. The number of hydrogen-bond donors (Lipinski definition) is 3. The fourth-order valence-corrected chi connectivity index (χ4v) is 4.81. The minimum Gasteiger partial charge on any atom is -0.379 e. The molecule has 2 atom stereocenters. The first kappa shape index (κ1) is 26.3. The van der Waals surface area contributed by atoms with Crippen LogP contribution in [0.1, 0.15) is 27.9 Å².